The summed E-state index contributed by atoms with van der Waals surface area (Å²) in [5.41, 5.74) is 0.915. The lowest BCUT2D eigenvalue weighted by molar-refractivity contribution is -0.0388. The van der Waals surface area contributed by atoms with E-state index in [1.54, 1.807) is 18.5 Å². The largest absolute Gasteiger partial charge is 0.368 e. The van der Waals surface area contributed by atoms with Gasteiger partial charge in [0.2, 0.25) is 0 Å². The monoisotopic (exact) mass is 301 g/mol. The van der Waals surface area contributed by atoms with Crippen molar-refractivity contribution in [1.29, 1.82) is 5.26 Å². The van der Waals surface area contributed by atoms with Gasteiger partial charge in [-0.2, -0.15) is 5.26 Å². The first-order valence-corrected chi connectivity index (χ1v) is 7.03. The SMILES string of the molecule is Cn1cnnc1[C@@H]1CN(Cc2ccc(C#N)cc2F)CCO1. The zero-order valence-corrected chi connectivity index (χ0v) is 12.2. The Kier molecular flexibility index (Phi) is 4.13. The zero-order chi connectivity index (χ0) is 15.5. The number of rotatable bonds is 3. The van der Waals surface area contributed by atoms with Crippen LogP contribution >= 0.6 is 0 Å². The van der Waals surface area contributed by atoms with Gasteiger partial charge < -0.3 is 9.30 Å². The van der Waals surface area contributed by atoms with Crippen molar-refractivity contribution in [3.05, 3.63) is 47.3 Å². The van der Waals surface area contributed by atoms with Gasteiger partial charge in [-0.25, -0.2) is 4.39 Å². The molecule has 0 saturated carbocycles. The van der Waals surface area contributed by atoms with E-state index in [1.165, 1.54) is 6.07 Å². The number of halogens is 1. The number of nitriles is 1. The van der Waals surface area contributed by atoms with Crippen molar-refractivity contribution in [3.63, 3.8) is 0 Å². The number of morpholine rings is 1. The van der Waals surface area contributed by atoms with Crippen LogP contribution in [-0.2, 0) is 18.3 Å². The fourth-order valence-corrected chi connectivity index (χ4v) is 2.57. The Morgan fingerprint density at radius 2 is 2.36 bits per heavy atom. The average Bonchev–Trinajstić information content (AvgIpc) is 2.96. The van der Waals surface area contributed by atoms with Gasteiger partial charge >= 0.3 is 0 Å². The van der Waals surface area contributed by atoms with E-state index in [0.717, 1.165) is 12.4 Å². The van der Waals surface area contributed by atoms with Gasteiger partial charge in [0.15, 0.2) is 5.82 Å². The predicted molar refractivity (Wildman–Crippen MR) is 76.1 cm³/mol. The average molecular weight is 301 g/mol. The molecule has 6 nitrogen and oxygen atoms in total. The minimum atomic E-state index is -0.347. The topological polar surface area (TPSA) is 67.0 Å². The van der Waals surface area contributed by atoms with Crippen LogP contribution in [0.15, 0.2) is 24.5 Å². The fourth-order valence-electron chi connectivity index (χ4n) is 2.57. The quantitative estimate of drug-likeness (QED) is 0.857. The van der Waals surface area contributed by atoms with Crippen molar-refractivity contribution >= 4 is 0 Å². The molecule has 1 aromatic heterocycles. The lowest BCUT2D eigenvalue weighted by Gasteiger charge is -2.32. The maximum atomic E-state index is 14.0. The van der Waals surface area contributed by atoms with E-state index in [2.05, 4.69) is 15.1 Å². The molecule has 1 aliphatic rings. The van der Waals surface area contributed by atoms with Crippen molar-refractivity contribution in [2.45, 2.75) is 12.6 Å². The van der Waals surface area contributed by atoms with E-state index >= 15 is 0 Å². The third-order valence-electron chi connectivity index (χ3n) is 3.76. The van der Waals surface area contributed by atoms with Crippen LogP contribution in [0.25, 0.3) is 0 Å². The summed E-state index contributed by atoms with van der Waals surface area (Å²) in [6, 6.07) is 6.52. The molecule has 1 aromatic carbocycles. The standard InChI is InChI=1S/C15H16FN5O/c1-20-10-18-19-15(20)14-9-21(4-5-22-14)8-12-3-2-11(7-17)6-13(12)16/h2-3,6,10,14H,4-5,8-9H2,1H3/t14-/m0/s1. The van der Waals surface area contributed by atoms with Crippen molar-refractivity contribution in [2.24, 2.45) is 7.05 Å². The highest BCUT2D eigenvalue weighted by atomic mass is 19.1. The van der Waals surface area contributed by atoms with Crippen LogP contribution in [0.4, 0.5) is 4.39 Å². The summed E-state index contributed by atoms with van der Waals surface area (Å²) in [4.78, 5) is 2.12. The normalized spacial score (nSPS) is 19.0. The van der Waals surface area contributed by atoms with E-state index in [0.29, 0.717) is 30.8 Å². The molecule has 7 heteroatoms. The van der Waals surface area contributed by atoms with Gasteiger partial charge in [-0.3, -0.25) is 4.90 Å². The van der Waals surface area contributed by atoms with Crippen molar-refractivity contribution in [3.8, 4) is 6.07 Å². The van der Waals surface area contributed by atoms with Crippen molar-refractivity contribution in [1.82, 2.24) is 19.7 Å². The van der Waals surface area contributed by atoms with Crippen LogP contribution in [0.1, 0.15) is 23.1 Å². The van der Waals surface area contributed by atoms with Gasteiger partial charge in [-0.15, -0.1) is 10.2 Å². The smallest absolute Gasteiger partial charge is 0.163 e. The fraction of sp³-hybridized carbons (Fsp3) is 0.400. The number of benzene rings is 1. The Morgan fingerprint density at radius 1 is 1.50 bits per heavy atom. The number of nitrogens with zero attached hydrogens (tertiary/aromatic N) is 5. The zero-order valence-electron chi connectivity index (χ0n) is 12.2. The maximum Gasteiger partial charge on any atom is 0.163 e. The second kappa shape index (κ2) is 6.22. The summed E-state index contributed by atoms with van der Waals surface area (Å²) < 4.78 is 21.6. The van der Waals surface area contributed by atoms with Crippen LogP contribution in [0.2, 0.25) is 0 Å². The molecule has 0 bridgehead atoms. The highest BCUT2D eigenvalue weighted by Crippen LogP contribution is 2.22. The Balaban J connectivity index is 1.71. The Labute approximate surface area is 127 Å². The van der Waals surface area contributed by atoms with Gasteiger partial charge in [0.05, 0.1) is 18.2 Å². The highest BCUT2D eigenvalue weighted by molar-refractivity contribution is 5.32. The Hall–Kier alpha value is -2.30. The first-order valence-electron chi connectivity index (χ1n) is 7.03. The van der Waals surface area contributed by atoms with Crippen LogP contribution in [0.3, 0.4) is 0 Å². The Bertz CT molecular complexity index is 708. The van der Waals surface area contributed by atoms with E-state index in [9.17, 15) is 4.39 Å². The number of hydrogen-bond acceptors (Lipinski definition) is 5. The first kappa shape index (κ1) is 14.6. The van der Waals surface area contributed by atoms with Crippen molar-refractivity contribution in [2.75, 3.05) is 19.7 Å². The molecule has 22 heavy (non-hydrogen) atoms. The van der Waals surface area contributed by atoms with Crippen LogP contribution in [0.5, 0.6) is 0 Å². The summed E-state index contributed by atoms with van der Waals surface area (Å²) in [6.07, 6.45) is 1.47. The van der Waals surface area contributed by atoms with E-state index in [4.69, 9.17) is 10.00 Å². The second-order valence-corrected chi connectivity index (χ2v) is 5.31. The summed E-state index contributed by atoms with van der Waals surface area (Å²) in [7, 11) is 1.87. The first-order chi connectivity index (χ1) is 10.7. The van der Waals surface area contributed by atoms with E-state index in [1.807, 2.05) is 17.7 Å². The Morgan fingerprint density at radius 3 is 3.05 bits per heavy atom. The third kappa shape index (κ3) is 2.98. The van der Waals surface area contributed by atoms with Crippen LogP contribution in [-0.4, -0.2) is 39.4 Å². The molecule has 1 atom stereocenters. The minimum Gasteiger partial charge on any atom is -0.368 e. The molecular weight excluding hydrogens is 285 g/mol. The van der Waals surface area contributed by atoms with E-state index in [-0.39, 0.29) is 11.9 Å². The van der Waals surface area contributed by atoms with Gasteiger partial charge in [-0.05, 0) is 12.1 Å². The number of aryl methyl sites for hydroxylation is 1. The summed E-state index contributed by atoms with van der Waals surface area (Å²) in [5, 5.41) is 16.7. The third-order valence-corrected chi connectivity index (χ3v) is 3.76. The lowest BCUT2D eigenvalue weighted by Crippen LogP contribution is -2.38. The van der Waals surface area contributed by atoms with Crippen LogP contribution < -0.4 is 0 Å². The maximum absolute atomic E-state index is 14.0. The molecule has 114 valence electrons. The summed E-state index contributed by atoms with van der Waals surface area (Å²) in [6.45, 7) is 2.41. The molecule has 0 amide bonds. The number of ether oxygens (including phenoxy) is 1. The van der Waals surface area contributed by atoms with Gasteiger partial charge in [-0.1, -0.05) is 6.07 Å². The molecule has 2 aromatic rings. The molecular formula is C15H16FN5O. The molecule has 0 unspecified atom stereocenters. The van der Waals surface area contributed by atoms with E-state index < -0.39 is 0 Å². The van der Waals surface area contributed by atoms with Gasteiger partial charge in [0.25, 0.3) is 0 Å². The molecule has 0 N–H and O–H groups in total. The number of aromatic nitrogens is 3. The van der Waals surface area contributed by atoms with Crippen molar-refractivity contribution < 1.29 is 9.13 Å². The van der Waals surface area contributed by atoms with Gasteiger partial charge in [0.1, 0.15) is 18.2 Å². The lowest BCUT2D eigenvalue weighted by atomic mass is 10.1. The summed E-state index contributed by atoms with van der Waals surface area (Å²) >= 11 is 0. The second-order valence-electron chi connectivity index (χ2n) is 5.31. The molecule has 1 aliphatic heterocycles. The molecule has 0 aliphatic carbocycles. The summed E-state index contributed by atoms with van der Waals surface area (Å²) in [5.74, 6) is 0.422. The van der Waals surface area contributed by atoms with Crippen LogP contribution in [0, 0.1) is 17.1 Å². The molecule has 2 heterocycles. The molecule has 1 saturated heterocycles. The number of hydrogen-bond donors (Lipinski definition) is 0. The minimum absolute atomic E-state index is 0.164. The molecule has 3 rings (SSSR count). The molecule has 1 fully saturated rings. The predicted octanol–water partition coefficient (Wildman–Crippen LogP) is 1.40. The highest BCUT2D eigenvalue weighted by Gasteiger charge is 2.25. The van der Waals surface area contributed by atoms with Gasteiger partial charge in [0, 0.05) is 32.2 Å². The molecule has 0 spiro atoms. The molecule has 0 radical (unpaired) electrons.